The first-order valence-electron chi connectivity index (χ1n) is 15.3. The number of nitrogens with one attached hydrogen (secondary N) is 4. The average Bonchev–Trinajstić information content (AvgIpc) is 3.55. The van der Waals surface area contributed by atoms with Crippen LogP contribution < -0.4 is 21.3 Å². The van der Waals surface area contributed by atoms with Crippen molar-refractivity contribution in [3.05, 3.63) is 88.4 Å². The number of ether oxygens (including phenoxy) is 2. The van der Waals surface area contributed by atoms with Gasteiger partial charge in [0.15, 0.2) is 0 Å². The highest BCUT2D eigenvalue weighted by molar-refractivity contribution is 7.09. The predicted molar refractivity (Wildman–Crippen MR) is 174 cm³/mol. The lowest BCUT2D eigenvalue weighted by Gasteiger charge is -2.26. The summed E-state index contributed by atoms with van der Waals surface area (Å²) in [6.07, 6.45) is 2.72. The van der Waals surface area contributed by atoms with Crippen LogP contribution in [0.1, 0.15) is 49.1 Å². The van der Waals surface area contributed by atoms with Gasteiger partial charge in [-0.2, -0.15) is 0 Å². The summed E-state index contributed by atoms with van der Waals surface area (Å²) in [5.41, 5.74) is 3.81. The number of hydrogen-bond donors (Lipinski definition) is 5. The van der Waals surface area contributed by atoms with E-state index in [-0.39, 0.29) is 37.3 Å². The highest BCUT2D eigenvalue weighted by Gasteiger charge is 2.25. The average molecular weight is 640 g/mol. The van der Waals surface area contributed by atoms with E-state index in [0.29, 0.717) is 45.2 Å². The van der Waals surface area contributed by atoms with Crippen molar-refractivity contribution in [3.63, 3.8) is 0 Å². The molecule has 5 N–H and O–H groups in total. The normalized spacial score (nSPS) is 13.0. The Morgan fingerprint density at radius 3 is 2.00 bits per heavy atom. The fraction of sp³-hybridized carbons (Fsp3) is 0.455. The quantitative estimate of drug-likeness (QED) is 0.124. The van der Waals surface area contributed by atoms with E-state index in [4.69, 9.17) is 14.6 Å². The van der Waals surface area contributed by atoms with E-state index in [9.17, 15) is 14.4 Å². The van der Waals surface area contributed by atoms with Crippen molar-refractivity contribution < 1.29 is 29.0 Å². The minimum Gasteiger partial charge on any atom is -0.447 e. The lowest BCUT2D eigenvalue weighted by atomic mass is 9.95. The molecule has 1 heterocycles. The number of rotatable bonds is 19. The number of carbonyl (C=O) groups is 3. The van der Waals surface area contributed by atoms with Crippen molar-refractivity contribution in [2.75, 3.05) is 19.7 Å². The molecule has 244 valence electrons. The minimum absolute atomic E-state index is 0.0319. The molecule has 0 radical (unpaired) electrons. The molecule has 3 aromatic rings. The van der Waals surface area contributed by atoms with E-state index >= 15 is 0 Å². The van der Waals surface area contributed by atoms with Gasteiger partial charge in [0.1, 0.15) is 12.6 Å². The maximum atomic E-state index is 13.6. The Morgan fingerprint density at radius 1 is 0.822 bits per heavy atom. The summed E-state index contributed by atoms with van der Waals surface area (Å²) in [6.45, 7) is 4.38. The monoisotopic (exact) mass is 639 g/mol. The van der Waals surface area contributed by atoms with Crippen LogP contribution in [0.25, 0.3) is 0 Å². The maximum Gasteiger partial charge on any atom is 0.408 e. The molecule has 0 unspecified atom stereocenters. The second kappa shape index (κ2) is 20.1. The molecule has 0 saturated heterocycles. The van der Waals surface area contributed by atoms with Crippen molar-refractivity contribution in [2.45, 2.75) is 76.8 Å². The second-order valence-electron chi connectivity index (χ2n) is 11.0. The summed E-state index contributed by atoms with van der Waals surface area (Å²) in [4.78, 5) is 43.7. The zero-order chi connectivity index (χ0) is 32.3. The molecule has 12 heteroatoms. The molecule has 3 rings (SSSR count). The second-order valence-corrected chi connectivity index (χ2v) is 11.9. The molecule has 45 heavy (non-hydrogen) atoms. The van der Waals surface area contributed by atoms with Crippen LogP contribution in [0, 0.1) is 0 Å². The number of hydrogen-bond acceptors (Lipinski definition) is 9. The Hall–Kier alpha value is -4.00. The van der Waals surface area contributed by atoms with E-state index < -0.39 is 18.2 Å². The van der Waals surface area contributed by atoms with Crippen molar-refractivity contribution in [1.82, 2.24) is 26.3 Å². The first-order chi connectivity index (χ1) is 21.8. The Morgan fingerprint density at radius 2 is 1.44 bits per heavy atom. The fourth-order valence-electron chi connectivity index (χ4n) is 4.72. The van der Waals surface area contributed by atoms with E-state index in [0.717, 1.165) is 16.0 Å². The molecule has 1 aromatic heterocycles. The van der Waals surface area contributed by atoms with Gasteiger partial charge in [-0.1, -0.05) is 60.7 Å². The third-order valence-corrected chi connectivity index (χ3v) is 7.61. The predicted octanol–water partition coefficient (Wildman–Crippen LogP) is 3.96. The van der Waals surface area contributed by atoms with Gasteiger partial charge >= 0.3 is 12.2 Å². The molecule has 0 bridgehead atoms. The SMILES string of the molecule is CC(C)OC(=O)N[C@@H](CCNCCO)C(=O)N[C@H](CC[C@H](Cc1ccccc1)NC(=O)OCc1cncs1)Cc1ccccc1. The van der Waals surface area contributed by atoms with Gasteiger partial charge < -0.3 is 35.8 Å². The van der Waals surface area contributed by atoms with Gasteiger partial charge in [-0.3, -0.25) is 9.78 Å². The minimum atomic E-state index is -0.847. The van der Waals surface area contributed by atoms with Crippen LogP contribution in [-0.4, -0.2) is 72.1 Å². The fourth-order valence-corrected chi connectivity index (χ4v) is 5.23. The third-order valence-electron chi connectivity index (χ3n) is 6.86. The summed E-state index contributed by atoms with van der Waals surface area (Å²) in [5.74, 6) is -0.334. The summed E-state index contributed by atoms with van der Waals surface area (Å²) in [5, 5.41) is 21.0. The van der Waals surface area contributed by atoms with Gasteiger partial charge in [0.2, 0.25) is 5.91 Å². The van der Waals surface area contributed by atoms with Gasteiger partial charge in [-0.15, -0.1) is 11.3 Å². The number of thiazole rings is 1. The number of aromatic nitrogens is 1. The summed E-state index contributed by atoms with van der Waals surface area (Å²) < 4.78 is 10.7. The largest absolute Gasteiger partial charge is 0.447 e. The van der Waals surface area contributed by atoms with Gasteiger partial charge in [0.05, 0.1) is 23.1 Å². The van der Waals surface area contributed by atoms with Gasteiger partial charge in [0.25, 0.3) is 0 Å². The van der Waals surface area contributed by atoms with Gasteiger partial charge in [-0.25, -0.2) is 9.59 Å². The lowest BCUT2D eigenvalue weighted by Crippen LogP contribution is -2.51. The van der Waals surface area contributed by atoms with Crippen molar-refractivity contribution in [2.24, 2.45) is 0 Å². The van der Waals surface area contributed by atoms with E-state index in [1.54, 1.807) is 25.6 Å². The third kappa shape index (κ3) is 14.6. The van der Waals surface area contributed by atoms with E-state index in [1.165, 1.54) is 11.3 Å². The van der Waals surface area contributed by atoms with Gasteiger partial charge in [-0.05, 0) is 63.6 Å². The molecule has 0 saturated carbocycles. The Labute approximate surface area is 269 Å². The standard InChI is InChI=1S/C33H45N5O6S/c1-24(2)44-33(42)38-30(15-16-34-17-18-39)31(40)36-27(19-25-9-5-3-6-10-25)13-14-28(20-26-11-7-4-8-12-26)37-32(41)43-22-29-21-35-23-45-29/h3-12,21,23-24,27-28,30,34,39H,13-20,22H2,1-2H3,(H,36,40)(H,37,41)(H,38,42)/t27-,28-,30+/m1/s1. The van der Waals surface area contributed by atoms with Crippen LogP contribution >= 0.6 is 11.3 Å². The van der Waals surface area contributed by atoms with E-state index in [1.807, 2.05) is 60.7 Å². The van der Waals surface area contributed by atoms with Crippen LogP contribution in [-0.2, 0) is 33.7 Å². The van der Waals surface area contributed by atoms with Gasteiger partial charge in [0, 0.05) is 24.8 Å². The Bertz CT molecular complexity index is 1260. The number of aliphatic hydroxyl groups excluding tert-OH is 1. The molecular formula is C33H45N5O6S. The van der Waals surface area contributed by atoms with Crippen molar-refractivity contribution in [3.8, 4) is 0 Å². The topological polar surface area (TPSA) is 151 Å². The van der Waals surface area contributed by atoms with E-state index in [2.05, 4.69) is 26.3 Å². The molecule has 0 aliphatic heterocycles. The van der Waals surface area contributed by atoms with Crippen LogP contribution in [0.2, 0.25) is 0 Å². The number of amides is 3. The smallest absolute Gasteiger partial charge is 0.408 e. The van der Waals surface area contributed by atoms with Crippen LogP contribution in [0.5, 0.6) is 0 Å². The molecule has 3 amide bonds. The number of nitrogens with zero attached hydrogens (tertiary/aromatic N) is 1. The summed E-state index contributed by atoms with van der Waals surface area (Å²) in [7, 11) is 0. The molecule has 2 aromatic carbocycles. The molecule has 0 aliphatic carbocycles. The number of aliphatic hydroxyl groups is 1. The molecule has 0 aliphatic rings. The Kier molecular flexibility index (Phi) is 15.9. The van der Waals surface area contributed by atoms with Crippen molar-refractivity contribution in [1.29, 1.82) is 0 Å². The highest BCUT2D eigenvalue weighted by Crippen LogP contribution is 2.14. The first kappa shape index (κ1) is 35.5. The van der Waals surface area contributed by atoms with Crippen LogP contribution in [0.4, 0.5) is 9.59 Å². The highest BCUT2D eigenvalue weighted by atomic mass is 32.1. The summed E-state index contributed by atoms with van der Waals surface area (Å²) >= 11 is 1.42. The van der Waals surface area contributed by atoms with Crippen LogP contribution in [0.3, 0.4) is 0 Å². The first-order valence-corrected chi connectivity index (χ1v) is 16.2. The molecule has 11 nitrogen and oxygen atoms in total. The molecule has 0 spiro atoms. The maximum absolute atomic E-state index is 13.6. The zero-order valence-electron chi connectivity index (χ0n) is 25.9. The van der Waals surface area contributed by atoms with Crippen LogP contribution in [0.15, 0.2) is 72.4 Å². The number of alkyl carbamates (subject to hydrolysis) is 2. The molecular weight excluding hydrogens is 594 g/mol. The van der Waals surface area contributed by atoms with Crippen molar-refractivity contribution >= 4 is 29.4 Å². The molecule has 0 fully saturated rings. The zero-order valence-corrected chi connectivity index (χ0v) is 26.8. The Balaban J connectivity index is 1.72. The lowest BCUT2D eigenvalue weighted by molar-refractivity contribution is -0.124. The number of carbonyl (C=O) groups excluding carboxylic acids is 3. The number of benzene rings is 2. The summed E-state index contributed by atoms with van der Waals surface area (Å²) in [6, 6.07) is 18.3. The molecule has 3 atom stereocenters.